The first-order valence-corrected chi connectivity index (χ1v) is 8.97. The van der Waals surface area contributed by atoms with Gasteiger partial charge in [-0.25, -0.2) is 0 Å². The van der Waals surface area contributed by atoms with Crippen molar-refractivity contribution >= 4 is 5.91 Å². The Morgan fingerprint density at radius 1 is 1.36 bits per heavy atom. The fourth-order valence-electron chi connectivity index (χ4n) is 4.30. The first-order chi connectivity index (χ1) is 12.2. The average molecular weight is 341 g/mol. The van der Waals surface area contributed by atoms with Crippen molar-refractivity contribution in [2.45, 2.75) is 32.1 Å². The van der Waals surface area contributed by atoms with Gasteiger partial charge in [-0.1, -0.05) is 41.9 Å². The van der Waals surface area contributed by atoms with Crippen LogP contribution in [-0.4, -0.2) is 45.8 Å². The van der Waals surface area contributed by atoms with Crippen LogP contribution in [0, 0.1) is 11.3 Å². The molecule has 1 aliphatic carbocycles. The molecule has 2 aliphatic rings. The van der Waals surface area contributed by atoms with Gasteiger partial charge in [-0.3, -0.25) is 4.79 Å². The number of likely N-dealkylation sites (tertiary alicyclic amines) is 1. The smallest absolute Gasteiger partial charge is 0.227 e. The summed E-state index contributed by atoms with van der Waals surface area (Å²) in [5.41, 5.74) is 0.849. The van der Waals surface area contributed by atoms with Gasteiger partial charge in [0.25, 0.3) is 0 Å². The SMILES string of the molecule is O=C(CCc1nc(-c2ccccc2)no1)N1C[C@H]2CCC[C@@]2(CO)C1. The molecule has 2 aromatic rings. The molecular formula is C19H23N3O3. The lowest BCUT2D eigenvalue weighted by molar-refractivity contribution is -0.130. The Morgan fingerprint density at radius 3 is 2.96 bits per heavy atom. The zero-order chi connectivity index (χ0) is 17.3. The molecule has 1 aromatic carbocycles. The second kappa shape index (κ2) is 6.59. The molecule has 1 aromatic heterocycles. The van der Waals surface area contributed by atoms with Gasteiger partial charge in [0.1, 0.15) is 0 Å². The number of benzene rings is 1. The lowest BCUT2D eigenvalue weighted by Gasteiger charge is -2.25. The Kier molecular flexibility index (Phi) is 4.29. The molecule has 6 nitrogen and oxygen atoms in total. The fourth-order valence-corrected chi connectivity index (χ4v) is 4.30. The Labute approximate surface area is 146 Å². The molecule has 1 aliphatic heterocycles. The molecule has 6 heteroatoms. The van der Waals surface area contributed by atoms with Crippen molar-refractivity contribution in [2.24, 2.45) is 11.3 Å². The summed E-state index contributed by atoms with van der Waals surface area (Å²) in [7, 11) is 0. The molecule has 1 N–H and O–H groups in total. The molecule has 2 heterocycles. The van der Waals surface area contributed by atoms with Gasteiger partial charge in [0.15, 0.2) is 0 Å². The Balaban J connectivity index is 1.35. The van der Waals surface area contributed by atoms with Crippen molar-refractivity contribution in [2.75, 3.05) is 19.7 Å². The standard InChI is InChI=1S/C19H23N3O3/c23-13-19-10-4-7-15(19)11-22(12-19)17(24)9-8-16-20-18(21-25-16)14-5-2-1-3-6-14/h1-3,5-6,15,23H,4,7-13H2/t15-,19+/m1/s1. The van der Waals surface area contributed by atoms with E-state index in [9.17, 15) is 9.90 Å². The van der Waals surface area contributed by atoms with E-state index in [1.807, 2.05) is 35.2 Å². The summed E-state index contributed by atoms with van der Waals surface area (Å²) in [6, 6.07) is 9.65. The number of carbonyl (C=O) groups excluding carboxylic acids is 1. The monoisotopic (exact) mass is 341 g/mol. The predicted molar refractivity (Wildman–Crippen MR) is 91.5 cm³/mol. The minimum Gasteiger partial charge on any atom is -0.396 e. The summed E-state index contributed by atoms with van der Waals surface area (Å²) in [5.74, 6) is 1.61. The minimum absolute atomic E-state index is 0.0549. The second-order valence-corrected chi connectivity index (χ2v) is 7.26. The van der Waals surface area contributed by atoms with E-state index < -0.39 is 0 Å². The number of fused-ring (bicyclic) bond motifs is 1. The van der Waals surface area contributed by atoms with Crippen molar-refractivity contribution in [1.82, 2.24) is 15.0 Å². The summed E-state index contributed by atoms with van der Waals surface area (Å²) < 4.78 is 5.28. The van der Waals surface area contributed by atoms with E-state index in [2.05, 4.69) is 10.1 Å². The van der Waals surface area contributed by atoms with Crippen molar-refractivity contribution < 1.29 is 14.4 Å². The third-order valence-electron chi connectivity index (χ3n) is 5.76. The number of aliphatic hydroxyl groups excluding tert-OH is 1. The third-order valence-corrected chi connectivity index (χ3v) is 5.76. The molecular weight excluding hydrogens is 318 g/mol. The maximum atomic E-state index is 12.5. The molecule has 2 atom stereocenters. The number of carbonyl (C=O) groups is 1. The molecule has 1 saturated carbocycles. The third kappa shape index (κ3) is 3.06. The highest BCUT2D eigenvalue weighted by atomic mass is 16.5. The fraction of sp³-hybridized carbons (Fsp3) is 0.526. The van der Waals surface area contributed by atoms with Gasteiger partial charge in [0.2, 0.25) is 17.6 Å². The molecule has 0 unspecified atom stereocenters. The van der Waals surface area contributed by atoms with Crippen LogP contribution in [0.15, 0.2) is 34.9 Å². The van der Waals surface area contributed by atoms with E-state index in [-0.39, 0.29) is 17.9 Å². The number of hydrogen-bond donors (Lipinski definition) is 1. The lowest BCUT2D eigenvalue weighted by Crippen LogP contribution is -2.34. The zero-order valence-corrected chi connectivity index (χ0v) is 14.2. The molecule has 25 heavy (non-hydrogen) atoms. The van der Waals surface area contributed by atoms with Gasteiger partial charge in [-0.05, 0) is 18.8 Å². The Hall–Kier alpha value is -2.21. The van der Waals surface area contributed by atoms with Gasteiger partial charge < -0.3 is 14.5 Å². The van der Waals surface area contributed by atoms with E-state index >= 15 is 0 Å². The highest BCUT2D eigenvalue weighted by Crippen LogP contribution is 2.48. The molecule has 0 bridgehead atoms. The normalized spacial score (nSPS) is 25.3. The quantitative estimate of drug-likeness (QED) is 0.902. The van der Waals surface area contributed by atoms with Crippen LogP contribution in [0.2, 0.25) is 0 Å². The number of rotatable bonds is 5. The van der Waals surface area contributed by atoms with Crippen LogP contribution in [0.3, 0.4) is 0 Å². The minimum atomic E-state index is -0.0549. The first-order valence-electron chi connectivity index (χ1n) is 8.97. The Bertz CT molecular complexity index is 745. The highest BCUT2D eigenvalue weighted by molar-refractivity contribution is 5.76. The zero-order valence-electron chi connectivity index (χ0n) is 14.2. The van der Waals surface area contributed by atoms with Crippen LogP contribution in [0.25, 0.3) is 11.4 Å². The van der Waals surface area contributed by atoms with Crippen molar-refractivity contribution in [3.63, 3.8) is 0 Å². The number of hydrogen-bond acceptors (Lipinski definition) is 5. The number of nitrogens with zero attached hydrogens (tertiary/aromatic N) is 3. The van der Waals surface area contributed by atoms with Gasteiger partial charge in [0.05, 0.1) is 6.61 Å². The summed E-state index contributed by atoms with van der Waals surface area (Å²) in [5, 5.41) is 13.8. The van der Waals surface area contributed by atoms with E-state index in [4.69, 9.17) is 4.52 Å². The van der Waals surface area contributed by atoms with Crippen LogP contribution >= 0.6 is 0 Å². The maximum Gasteiger partial charge on any atom is 0.227 e. The van der Waals surface area contributed by atoms with Gasteiger partial charge >= 0.3 is 0 Å². The summed E-state index contributed by atoms with van der Waals surface area (Å²) in [6.45, 7) is 1.65. The largest absolute Gasteiger partial charge is 0.396 e. The molecule has 132 valence electrons. The Morgan fingerprint density at radius 2 is 2.20 bits per heavy atom. The number of amides is 1. The van der Waals surface area contributed by atoms with Gasteiger partial charge in [0, 0.05) is 36.9 Å². The number of aryl methyl sites for hydroxylation is 1. The van der Waals surface area contributed by atoms with Gasteiger partial charge in [-0.15, -0.1) is 0 Å². The van der Waals surface area contributed by atoms with Crippen LogP contribution in [0.1, 0.15) is 31.6 Å². The van der Waals surface area contributed by atoms with Crippen molar-refractivity contribution in [3.8, 4) is 11.4 Å². The summed E-state index contributed by atoms with van der Waals surface area (Å²) >= 11 is 0. The maximum absolute atomic E-state index is 12.5. The van der Waals surface area contributed by atoms with Gasteiger partial charge in [-0.2, -0.15) is 4.98 Å². The topological polar surface area (TPSA) is 79.5 Å². The predicted octanol–water partition coefficient (Wildman–Crippen LogP) is 2.29. The van der Waals surface area contributed by atoms with Crippen molar-refractivity contribution in [3.05, 3.63) is 36.2 Å². The molecule has 1 saturated heterocycles. The molecule has 1 amide bonds. The van der Waals surface area contributed by atoms with Crippen LogP contribution in [-0.2, 0) is 11.2 Å². The van der Waals surface area contributed by atoms with E-state index in [0.29, 0.717) is 37.0 Å². The summed E-state index contributed by atoms with van der Waals surface area (Å²) in [6.07, 6.45) is 4.13. The van der Waals surface area contributed by atoms with Crippen LogP contribution in [0.4, 0.5) is 0 Å². The second-order valence-electron chi connectivity index (χ2n) is 7.26. The first kappa shape index (κ1) is 16.3. The number of aliphatic hydroxyl groups is 1. The highest BCUT2D eigenvalue weighted by Gasteiger charge is 2.49. The van der Waals surface area contributed by atoms with Crippen molar-refractivity contribution in [1.29, 1.82) is 0 Å². The van der Waals surface area contributed by atoms with Crippen LogP contribution in [0.5, 0.6) is 0 Å². The van der Waals surface area contributed by atoms with E-state index in [1.165, 1.54) is 0 Å². The van der Waals surface area contributed by atoms with E-state index in [1.54, 1.807) is 0 Å². The molecule has 0 spiro atoms. The number of aromatic nitrogens is 2. The van der Waals surface area contributed by atoms with Crippen LogP contribution < -0.4 is 0 Å². The molecule has 2 fully saturated rings. The average Bonchev–Trinajstić information content (AvgIpc) is 3.34. The molecule has 0 radical (unpaired) electrons. The summed E-state index contributed by atoms with van der Waals surface area (Å²) in [4.78, 5) is 18.8. The lowest BCUT2D eigenvalue weighted by atomic mass is 9.82. The molecule has 4 rings (SSSR count). The van der Waals surface area contributed by atoms with E-state index in [0.717, 1.165) is 31.4 Å².